The standard InChI is InChI=1S/C19H32N4O3S/c1-4-20-19(23(2)15-17-10-5-6-11-18(17)26-3)21-12-13-27(24,25)22-14-16-8-7-9-16/h5-6,10-11,16,22H,4,7-9,12-15H2,1-3H3,(H,20,21). The Balaban J connectivity index is 1.91. The third-order valence-corrected chi connectivity index (χ3v) is 6.06. The molecule has 8 heteroatoms. The second kappa shape index (κ2) is 10.5. The Morgan fingerprint density at radius 1 is 1.33 bits per heavy atom. The lowest BCUT2D eigenvalue weighted by molar-refractivity contribution is 0.316. The van der Waals surface area contributed by atoms with Crippen LogP contribution in [-0.4, -0.2) is 58.8 Å². The van der Waals surface area contributed by atoms with E-state index in [1.54, 1.807) is 7.11 Å². The second-order valence-corrected chi connectivity index (χ2v) is 8.79. The molecule has 0 unspecified atom stereocenters. The Hall–Kier alpha value is -1.80. The molecule has 0 aliphatic heterocycles. The van der Waals surface area contributed by atoms with E-state index in [2.05, 4.69) is 15.0 Å². The van der Waals surface area contributed by atoms with Gasteiger partial charge in [-0.3, -0.25) is 4.99 Å². The van der Waals surface area contributed by atoms with Crippen molar-refractivity contribution in [3.8, 4) is 5.75 Å². The molecule has 27 heavy (non-hydrogen) atoms. The number of ether oxygens (including phenoxy) is 1. The van der Waals surface area contributed by atoms with Gasteiger partial charge in [0.2, 0.25) is 10.0 Å². The van der Waals surface area contributed by atoms with E-state index >= 15 is 0 Å². The fourth-order valence-electron chi connectivity index (χ4n) is 2.92. The molecule has 1 aromatic carbocycles. The molecule has 1 aromatic rings. The lowest BCUT2D eigenvalue weighted by Gasteiger charge is -2.25. The molecule has 0 aromatic heterocycles. The quantitative estimate of drug-likeness (QED) is 0.466. The van der Waals surface area contributed by atoms with Crippen molar-refractivity contribution in [2.24, 2.45) is 10.9 Å². The van der Waals surface area contributed by atoms with Crippen molar-refractivity contribution in [1.29, 1.82) is 0 Å². The number of aliphatic imine (C=N–C) groups is 1. The average molecular weight is 397 g/mol. The van der Waals surface area contributed by atoms with Gasteiger partial charge < -0.3 is 15.0 Å². The molecular formula is C19H32N4O3S. The van der Waals surface area contributed by atoms with Crippen LogP contribution in [0.3, 0.4) is 0 Å². The summed E-state index contributed by atoms with van der Waals surface area (Å²) in [5.74, 6) is 2.00. The average Bonchev–Trinajstić information content (AvgIpc) is 2.60. The first-order valence-corrected chi connectivity index (χ1v) is 11.2. The molecule has 1 fully saturated rings. The van der Waals surface area contributed by atoms with E-state index in [-0.39, 0.29) is 12.3 Å². The van der Waals surface area contributed by atoms with Gasteiger partial charge in [0, 0.05) is 32.2 Å². The molecule has 2 rings (SSSR count). The third-order valence-electron chi connectivity index (χ3n) is 4.73. The van der Waals surface area contributed by atoms with Crippen LogP contribution in [0.4, 0.5) is 0 Å². The van der Waals surface area contributed by atoms with Crippen LogP contribution in [0.2, 0.25) is 0 Å². The van der Waals surface area contributed by atoms with Crippen LogP contribution in [0.25, 0.3) is 0 Å². The van der Waals surface area contributed by atoms with Crippen molar-refractivity contribution >= 4 is 16.0 Å². The number of para-hydroxylation sites is 1. The fourth-order valence-corrected chi connectivity index (χ4v) is 3.88. The SMILES string of the molecule is CCNC(=NCCS(=O)(=O)NCC1CCC1)N(C)Cc1ccccc1OC. The Morgan fingerprint density at radius 2 is 2.07 bits per heavy atom. The van der Waals surface area contributed by atoms with Crippen LogP contribution < -0.4 is 14.8 Å². The summed E-state index contributed by atoms with van der Waals surface area (Å²) in [5.41, 5.74) is 1.04. The Morgan fingerprint density at radius 3 is 2.70 bits per heavy atom. The van der Waals surface area contributed by atoms with Gasteiger partial charge in [0.05, 0.1) is 19.4 Å². The largest absolute Gasteiger partial charge is 0.496 e. The summed E-state index contributed by atoms with van der Waals surface area (Å²) in [7, 11) is 0.298. The van der Waals surface area contributed by atoms with E-state index in [1.807, 2.05) is 43.1 Å². The van der Waals surface area contributed by atoms with Gasteiger partial charge >= 0.3 is 0 Å². The number of hydrogen-bond donors (Lipinski definition) is 2. The van der Waals surface area contributed by atoms with Gasteiger partial charge in [-0.25, -0.2) is 13.1 Å². The highest BCUT2D eigenvalue weighted by Gasteiger charge is 2.20. The van der Waals surface area contributed by atoms with Crippen LogP contribution in [0.15, 0.2) is 29.3 Å². The molecule has 1 aliphatic rings. The van der Waals surface area contributed by atoms with Crippen molar-refractivity contribution in [1.82, 2.24) is 14.9 Å². The first-order chi connectivity index (χ1) is 12.9. The first kappa shape index (κ1) is 21.5. The molecule has 152 valence electrons. The maximum Gasteiger partial charge on any atom is 0.213 e. The molecule has 0 spiro atoms. The Kier molecular flexibility index (Phi) is 8.37. The molecule has 7 nitrogen and oxygen atoms in total. The molecule has 0 heterocycles. The Labute approximate surface area is 163 Å². The zero-order chi connectivity index (χ0) is 19.7. The van der Waals surface area contributed by atoms with Gasteiger partial charge in [-0.1, -0.05) is 24.6 Å². The minimum Gasteiger partial charge on any atom is -0.496 e. The summed E-state index contributed by atoms with van der Waals surface area (Å²) in [4.78, 5) is 6.45. The molecule has 2 N–H and O–H groups in total. The molecule has 0 bridgehead atoms. The predicted octanol–water partition coefficient (Wildman–Crippen LogP) is 1.81. The zero-order valence-electron chi connectivity index (χ0n) is 16.6. The van der Waals surface area contributed by atoms with Crippen molar-refractivity contribution < 1.29 is 13.2 Å². The number of hydrogen-bond acceptors (Lipinski definition) is 4. The van der Waals surface area contributed by atoms with Gasteiger partial charge in [-0.2, -0.15) is 0 Å². The number of nitrogens with zero attached hydrogens (tertiary/aromatic N) is 2. The molecular weight excluding hydrogens is 364 g/mol. The minimum absolute atomic E-state index is 0.00286. The van der Waals surface area contributed by atoms with E-state index in [4.69, 9.17) is 4.74 Å². The smallest absolute Gasteiger partial charge is 0.213 e. The van der Waals surface area contributed by atoms with Crippen molar-refractivity contribution in [3.63, 3.8) is 0 Å². The number of sulfonamides is 1. The molecule has 0 saturated heterocycles. The van der Waals surface area contributed by atoms with Gasteiger partial charge in [-0.15, -0.1) is 0 Å². The highest BCUT2D eigenvalue weighted by atomic mass is 32.2. The van der Waals surface area contributed by atoms with Crippen LogP contribution in [0.5, 0.6) is 5.75 Å². The molecule has 0 radical (unpaired) electrons. The summed E-state index contributed by atoms with van der Waals surface area (Å²) < 4.78 is 32.4. The summed E-state index contributed by atoms with van der Waals surface area (Å²) in [5, 5.41) is 3.21. The van der Waals surface area contributed by atoms with E-state index in [9.17, 15) is 8.42 Å². The van der Waals surface area contributed by atoms with Crippen LogP contribution in [-0.2, 0) is 16.6 Å². The lowest BCUT2D eigenvalue weighted by atomic mass is 9.86. The molecule has 1 saturated carbocycles. The predicted molar refractivity (Wildman–Crippen MR) is 110 cm³/mol. The van der Waals surface area contributed by atoms with E-state index in [0.717, 1.165) is 24.2 Å². The van der Waals surface area contributed by atoms with Crippen molar-refractivity contribution in [3.05, 3.63) is 29.8 Å². The maximum absolute atomic E-state index is 12.1. The lowest BCUT2D eigenvalue weighted by Crippen LogP contribution is -2.39. The van der Waals surface area contributed by atoms with Crippen LogP contribution >= 0.6 is 0 Å². The number of rotatable bonds is 10. The number of guanidine groups is 1. The third kappa shape index (κ3) is 7.03. The number of methoxy groups -OCH3 is 1. The van der Waals surface area contributed by atoms with E-state index in [1.165, 1.54) is 6.42 Å². The normalized spacial score (nSPS) is 15.3. The molecule has 0 atom stereocenters. The fraction of sp³-hybridized carbons (Fsp3) is 0.632. The summed E-state index contributed by atoms with van der Waals surface area (Å²) in [6, 6.07) is 7.83. The number of nitrogens with one attached hydrogen (secondary N) is 2. The zero-order valence-corrected chi connectivity index (χ0v) is 17.4. The molecule has 0 amide bonds. The summed E-state index contributed by atoms with van der Waals surface area (Å²) in [6.45, 7) is 4.09. The number of benzene rings is 1. The van der Waals surface area contributed by atoms with Gasteiger partial charge in [0.1, 0.15) is 5.75 Å². The molecule has 1 aliphatic carbocycles. The topological polar surface area (TPSA) is 83.0 Å². The van der Waals surface area contributed by atoms with Gasteiger partial charge in [-0.05, 0) is 31.7 Å². The van der Waals surface area contributed by atoms with Crippen molar-refractivity contribution in [2.45, 2.75) is 32.7 Å². The first-order valence-electron chi connectivity index (χ1n) is 9.54. The highest BCUT2D eigenvalue weighted by Crippen LogP contribution is 2.25. The van der Waals surface area contributed by atoms with Crippen LogP contribution in [0, 0.1) is 5.92 Å². The second-order valence-electron chi connectivity index (χ2n) is 6.87. The summed E-state index contributed by atoms with van der Waals surface area (Å²) in [6.07, 6.45) is 3.46. The van der Waals surface area contributed by atoms with Gasteiger partial charge in [0.25, 0.3) is 0 Å². The van der Waals surface area contributed by atoms with Crippen molar-refractivity contribution in [2.75, 3.05) is 39.5 Å². The summed E-state index contributed by atoms with van der Waals surface area (Å²) >= 11 is 0. The minimum atomic E-state index is -3.28. The van der Waals surface area contributed by atoms with Gasteiger partial charge in [0.15, 0.2) is 5.96 Å². The monoisotopic (exact) mass is 396 g/mol. The van der Waals surface area contributed by atoms with Crippen LogP contribution in [0.1, 0.15) is 31.7 Å². The van der Waals surface area contributed by atoms with E-state index in [0.29, 0.717) is 31.5 Å². The maximum atomic E-state index is 12.1. The van der Waals surface area contributed by atoms with E-state index < -0.39 is 10.0 Å². The Bertz CT molecular complexity index is 717. The highest BCUT2D eigenvalue weighted by molar-refractivity contribution is 7.89.